The quantitative estimate of drug-likeness (QED) is 0.679. The number of alkyl halides is 3. The molecule has 2 atom stereocenters. The van der Waals surface area contributed by atoms with Crippen LogP contribution in [0.2, 0.25) is 0 Å². The van der Waals surface area contributed by atoms with E-state index in [0.717, 1.165) is 30.3 Å². The average molecular weight is 378 g/mol. The molecule has 3 heterocycles. The lowest BCUT2D eigenvalue weighted by Gasteiger charge is -2.30. The normalized spacial score (nSPS) is 18.8. The number of hydrogen-bond donors (Lipinski definition) is 0. The summed E-state index contributed by atoms with van der Waals surface area (Å²) >= 11 is 0. The van der Waals surface area contributed by atoms with Crippen LogP contribution >= 0.6 is 0 Å². The van der Waals surface area contributed by atoms with Gasteiger partial charge in [-0.05, 0) is 38.4 Å². The number of aromatic nitrogens is 3. The molecule has 0 saturated carbocycles. The van der Waals surface area contributed by atoms with Crippen LogP contribution in [0, 0.1) is 5.92 Å². The van der Waals surface area contributed by atoms with Crippen molar-refractivity contribution in [1.29, 1.82) is 0 Å². The van der Waals surface area contributed by atoms with Gasteiger partial charge < -0.3 is 8.98 Å². The largest absolute Gasteiger partial charge is 0.439 e. The van der Waals surface area contributed by atoms with Gasteiger partial charge in [0.25, 0.3) is 0 Å². The van der Waals surface area contributed by atoms with E-state index >= 15 is 0 Å². The van der Waals surface area contributed by atoms with Crippen molar-refractivity contribution >= 4 is 11.1 Å². The zero-order valence-corrected chi connectivity index (χ0v) is 15.2. The summed E-state index contributed by atoms with van der Waals surface area (Å²) in [5.41, 5.74) is 0.785. The van der Waals surface area contributed by atoms with Gasteiger partial charge in [-0.1, -0.05) is 12.1 Å². The van der Waals surface area contributed by atoms with Crippen LogP contribution < -0.4 is 0 Å². The first-order valence-electron chi connectivity index (χ1n) is 9.00. The molecule has 0 N–H and O–H groups in total. The number of oxazole rings is 1. The van der Waals surface area contributed by atoms with Gasteiger partial charge in [-0.3, -0.25) is 4.90 Å². The average Bonchev–Trinajstić information content (AvgIpc) is 3.24. The summed E-state index contributed by atoms with van der Waals surface area (Å²) in [4.78, 5) is 10.4. The number of nitrogens with zero attached hydrogens (tertiary/aromatic N) is 4. The maximum absolute atomic E-state index is 12.9. The predicted octanol–water partition coefficient (Wildman–Crippen LogP) is 4.30. The van der Waals surface area contributed by atoms with Crippen LogP contribution in [0.4, 0.5) is 13.2 Å². The van der Waals surface area contributed by atoms with Crippen molar-refractivity contribution in [2.24, 2.45) is 5.92 Å². The number of hydrogen-bond acceptors (Lipinski definition) is 4. The van der Waals surface area contributed by atoms with E-state index < -0.39 is 11.9 Å². The van der Waals surface area contributed by atoms with Gasteiger partial charge in [0.1, 0.15) is 11.3 Å². The number of benzene rings is 1. The maximum atomic E-state index is 12.9. The predicted molar refractivity (Wildman–Crippen MR) is 94.1 cm³/mol. The Morgan fingerprint density at radius 3 is 2.81 bits per heavy atom. The van der Waals surface area contributed by atoms with E-state index in [0.29, 0.717) is 24.7 Å². The first-order valence-corrected chi connectivity index (χ1v) is 9.00. The van der Waals surface area contributed by atoms with Gasteiger partial charge in [-0.2, -0.15) is 13.2 Å². The van der Waals surface area contributed by atoms with Crippen molar-refractivity contribution in [3.05, 3.63) is 47.9 Å². The van der Waals surface area contributed by atoms with Crippen molar-refractivity contribution in [1.82, 2.24) is 19.4 Å². The van der Waals surface area contributed by atoms with Gasteiger partial charge in [0, 0.05) is 25.7 Å². The highest BCUT2D eigenvalue weighted by Gasteiger charge is 2.36. The molecular formula is C19H21F3N4O. The Labute approximate surface area is 154 Å². The molecule has 0 amide bonds. The van der Waals surface area contributed by atoms with Crippen LogP contribution in [0.3, 0.4) is 0 Å². The molecule has 1 aliphatic rings. The highest BCUT2D eigenvalue weighted by atomic mass is 19.4. The molecule has 0 spiro atoms. The Kier molecular flexibility index (Phi) is 4.46. The number of rotatable bonds is 4. The summed E-state index contributed by atoms with van der Waals surface area (Å²) in [7, 11) is 1.99. The van der Waals surface area contributed by atoms with Crippen LogP contribution in [-0.2, 0) is 19.1 Å². The minimum absolute atomic E-state index is 0.0210. The fourth-order valence-corrected chi connectivity index (χ4v) is 3.62. The lowest BCUT2D eigenvalue weighted by molar-refractivity contribution is -0.141. The third-order valence-electron chi connectivity index (χ3n) is 5.26. The van der Waals surface area contributed by atoms with Crippen molar-refractivity contribution < 1.29 is 17.6 Å². The third kappa shape index (κ3) is 3.58. The van der Waals surface area contributed by atoms with E-state index in [4.69, 9.17) is 4.42 Å². The minimum Gasteiger partial charge on any atom is -0.439 e. The Balaban J connectivity index is 1.43. The SMILES string of the molecule is CC(c1nc2ccccc2o1)N(C)CC1CCc2nc(C(F)(F)F)cn2C1. The lowest BCUT2D eigenvalue weighted by atomic mass is 9.98. The Hall–Kier alpha value is -2.35. The van der Waals surface area contributed by atoms with Gasteiger partial charge in [0.2, 0.25) is 5.89 Å². The molecule has 0 fully saturated rings. The summed E-state index contributed by atoms with van der Waals surface area (Å²) in [5.74, 6) is 1.43. The fraction of sp³-hybridized carbons (Fsp3) is 0.474. The van der Waals surface area contributed by atoms with E-state index in [1.807, 2.05) is 38.2 Å². The molecule has 8 heteroatoms. The molecule has 3 aromatic rings. The second kappa shape index (κ2) is 6.67. The molecule has 27 heavy (non-hydrogen) atoms. The molecule has 4 rings (SSSR count). The van der Waals surface area contributed by atoms with Gasteiger partial charge in [-0.25, -0.2) is 9.97 Å². The number of aryl methyl sites for hydroxylation is 1. The van der Waals surface area contributed by atoms with E-state index in [9.17, 15) is 13.2 Å². The smallest absolute Gasteiger partial charge is 0.434 e. The summed E-state index contributed by atoms with van der Waals surface area (Å²) in [6.45, 7) is 3.32. The molecular weight excluding hydrogens is 357 g/mol. The molecule has 2 unspecified atom stereocenters. The Morgan fingerprint density at radius 2 is 2.07 bits per heavy atom. The summed E-state index contributed by atoms with van der Waals surface area (Å²) < 4.78 is 46.1. The molecule has 0 radical (unpaired) electrons. The molecule has 1 aliphatic heterocycles. The van der Waals surface area contributed by atoms with Crippen molar-refractivity contribution in [3.8, 4) is 0 Å². The topological polar surface area (TPSA) is 47.1 Å². The third-order valence-corrected chi connectivity index (χ3v) is 5.26. The van der Waals surface area contributed by atoms with Gasteiger partial charge in [-0.15, -0.1) is 0 Å². The molecule has 144 valence electrons. The zero-order chi connectivity index (χ0) is 19.2. The van der Waals surface area contributed by atoms with Gasteiger partial charge >= 0.3 is 6.18 Å². The Morgan fingerprint density at radius 1 is 1.30 bits per heavy atom. The second-order valence-corrected chi connectivity index (χ2v) is 7.23. The van der Waals surface area contributed by atoms with Gasteiger partial charge in [0.05, 0.1) is 6.04 Å². The molecule has 5 nitrogen and oxygen atoms in total. The summed E-state index contributed by atoms with van der Waals surface area (Å²) in [6.07, 6.45) is -1.88. The van der Waals surface area contributed by atoms with Crippen LogP contribution in [0.15, 0.2) is 34.9 Å². The van der Waals surface area contributed by atoms with Crippen molar-refractivity contribution in [2.45, 2.75) is 38.5 Å². The van der Waals surface area contributed by atoms with Crippen molar-refractivity contribution in [2.75, 3.05) is 13.6 Å². The summed E-state index contributed by atoms with van der Waals surface area (Å²) in [5, 5.41) is 0. The van der Waals surface area contributed by atoms with E-state index in [2.05, 4.69) is 14.9 Å². The van der Waals surface area contributed by atoms with E-state index in [1.165, 1.54) is 0 Å². The number of fused-ring (bicyclic) bond motifs is 2. The second-order valence-electron chi connectivity index (χ2n) is 7.23. The minimum atomic E-state index is -4.39. The Bertz CT molecular complexity index is 913. The summed E-state index contributed by atoms with van der Waals surface area (Å²) in [6, 6.07) is 7.61. The maximum Gasteiger partial charge on any atom is 0.434 e. The number of para-hydroxylation sites is 2. The van der Waals surface area contributed by atoms with Crippen LogP contribution in [0.25, 0.3) is 11.1 Å². The molecule has 0 aliphatic carbocycles. The lowest BCUT2D eigenvalue weighted by Crippen LogP contribution is -2.33. The van der Waals surface area contributed by atoms with E-state index in [1.54, 1.807) is 4.57 Å². The number of halogens is 3. The van der Waals surface area contributed by atoms with Crippen LogP contribution in [-0.4, -0.2) is 33.0 Å². The standard InChI is InChI=1S/C19H21F3N4O/c1-12(18-23-14-5-3-4-6-15(14)27-18)25(2)9-13-7-8-17-24-16(19(20,21)22)11-26(17)10-13/h3-6,11-13H,7-10H2,1-2H3. The molecule has 0 bridgehead atoms. The van der Waals surface area contributed by atoms with Crippen molar-refractivity contribution in [3.63, 3.8) is 0 Å². The molecule has 2 aromatic heterocycles. The molecule has 1 aromatic carbocycles. The van der Waals surface area contributed by atoms with Crippen LogP contribution in [0.1, 0.15) is 36.8 Å². The fourth-order valence-electron chi connectivity index (χ4n) is 3.62. The highest BCUT2D eigenvalue weighted by molar-refractivity contribution is 5.72. The highest BCUT2D eigenvalue weighted by Crippen LogP contribution is 2.31. The first kappa shape index (κ1) is 18.0. The first-order chi connectivity index (χ1) is 12.8. The number of imidazole rings is 1. The monoisotopic (exact) mass is 378 g/mol. The van der Waals surface area contributed by atoms with E-state index in [-0.39, 0.29) is 12.0 Å². The zero-order valence-electron chi connectivity index (χ0n) is 15.2. The molecule has 0 saturated heterocycles. The van der Waals surface area contributed by atoms with Crippen LogP contribution in [0.5, 0.6) is 0 Å². The van der Waals surface area contributed by atoms with Gasteiger partial charge in [0.15, 0.2) is 11.3 Å².